The van der Waals surface area contributed by atoms with Crippen molar-refractivity contribution >= 4 is 41.7 Å². The molecule has 11 heavy (non-hydrogen) atoms. The van der Waals surface area contributed by atoms with Crippen molar-refractivity contribution in [2.75, 3.05) is 4.43 Å². The minimum absolute atomic E-state index is 0.499. The minimum atomic E-state index is -1.35. The van der Waals surface area contributed by atoms with E-state index in [1.165, 1.54) is 4.43 Å². The second-order valence-corrected chi connectivity index (χ2v) is 10.8. The Kier molecular flexibility index (Phi) is 2.58. The first-order valence-corrected chi connectivity index (χ1v) is 9.95. The summed E-state index contributed by atoms with van der Waals surface area (Å²) >= 11 is 5.08. The molecule has 1 nitrogen and oxygen atoms in total. The molecule has 0 amide bonds. The summed E-state index contributed by atoms with van der Waals surface area (Å²) in [6.45, 7) is 0. The topological polar surface area (TPSA) is 12.4 Å². The summed E-state index contributed by atoms with van der Waals surface area (Å²) < 4.78 is 8.90. The Labute approximate surface area is 87.5 Å². The maximum absolute atomic E-state index is 5.93. The monoisotopic (exact) mass is 394 g/mol. The number of aliphatic imine (C=N–C) groups is 1. The Morgan fingerprint density at radius 2 is 2.55 bits per heavy atom. The van der Waals surface area contributed by atoms with Gasteiger partial charge in [-0.2, -0.15) is 0 Å². The zero-order valence-electron chi connectivity index (χ0n) is 5.73. The molecule has 1 atom stereocenters. The van der Waals surface area contributed by atoms with Crippen LogP contribution in [0.5, 0.6) is 0 Å². The molecular weight excluding hydrogens is 387 g/mol. The third-order valence-corrected chi connectivity index (χ3v) is 10.3. The zero-order valence-corrected chi connectivity index (χ0v) is 10.8. The first-order chi connectivity index (χ1) is 5.29. The quantitative estimate of drug-likeness (QED) is 0.387. The molecule has 1 saturated heterocycles. The van der Waals surface area contributed by atoms with Crippen LogP contribution >= 0.6 is 30.5 Å². The van der Waals surface area contributed by atoms with Crippen LogP contribution in [-0.4, -0.2) is 19.6 Å². The molecule has 0 saturated carbocycles. The SMILES string of the molecule is C=I1=C(C2C[I-]2)C=CN=C1Cl. The van der Waals surface area contributed by atoms with Gasteiger partial charge >= 0.3 is 88.5 Å². The van der Waals surface area contributed by atoms with E-state index in [1.54, 1.807) is 3.51 Å². The van der Waals surface area contributed by atoms with Gasteiger partial charge in [0, 0.05) is 0 Å². The van der Waals surface area contributed by atoms with Crippen molar-refractivity contribution in [2.24, 2.45) is 4.99 Å². The van der Waals surface area contributed by atoms with Crippen LogP contribution in [0.1, 0.15) is 0 Å². The fourth-order valence-corrected chi connectivity index (χ4v) is 9.30. The molecule has 0 aromatic carbocycles. The van der Waals surface area contributed by atoms with E-state index < -0.39 is 18.9 Å². The van der Waals surface area contributed by atoms with Crippen molar-refractivity contribution in [3.8, 4) is 0 Å². The molecule has 0 N–H and O–H groups in total. The van der Waals surface area contributed by atoms with Gasteiger partial charge in [0.1, 0.15) is 0 Å². The molecule has 0 radical (unpaired) electrons. The molecule has 62 valence electrons. The van der Waals surface area contributed by atoms with Crippen LogP contribution in [0.25, 0.3) is 0 Å². The number of nitrogens with zero attached hydrogens (tertiary/aromatic N) is 1. The third-order valence-electron chi connectivity index (χ3n) is 1.47. The number of alkyl halides is 2. The number of hydrogen-bond donors (Lipinski definition) is 0. The van der Waals surface area contributed by atoms with E-state index in [9.17, 15) is 0 Å². The molecule has 0 aromatic rings. The summed E-state index contributed by atoms with van der Waals surface area (Å²) in [5, 5.41) is 0. The number of allylic oxidation sites excluding steroid dienone is 1. The van der Waals surface area contributed by atoms with E-state index in [4.69, 9.17) is 11.6 Å². The Hall–Kier alpha value is 0.900. The summed E-state index contributed by atoms with van der Waals surface area (Å²) in [6.07, 6.45) is 3.99. The predicted molar refractivity (Wildman–Crippen MR) is 57.2 cm³/mol. The maximum atomic E-state index is 5.93. The molecule has 0 bridgehead atoms. The summed E-state index contributed by atoms with van der Waals surface area (Å²) in [5.41, 5.74) is 0. The van der Waals surface area contributed by atoms with Gasteiger partial charge in [0.25, 0.3) is 0 Å². The van der Waals surface area contributed by atoms with Crippen LogP contribution in [0.2, 0.25) is 0 Å². The summed E-state index contributed by atoms with van der Waals surface area (Å²) in [7, 11) is 0. The molecule has 1 fully saturated rings. The average molecular weight is 394 g/mol. The van der Waals surface area contributed by atoms with Gasteiger partial charge < -0.3 is 0 Å². The molecule has 1 unspecified atom stereocenters. The van der Waals surface area contributed by atoms with Crippen LogP contribution in [0, 0.1) is 0 Å². The van der Waals surface area contributed by atoms with Gasteiger partial charge in [-0.15, -0.1) is 0 Å². The zero-order chi connectivity index (χ0) is 7.84. The van der Waals surface area contributed by atoms with Gasteiger partial charge in [-0.3, -0.25) is 0 Å². The van der Waals surface area contributed by atoms with Crippen LogP contribution in [0.15, 0.2) is 17.3 Å². The number of halogens is 3. The van der Waals surface area contributed by atoms with E-state index in [1.807, 2.05) is 6.20 Å². The Morgan fingerprint density at radius 3 is 3.18 bits per heavy atom. The van der Waals surface area contributed by atoms with Crippen molar-refractivity contribution in [3.05, 3.63) is 12.3 Å². The van der Waals surface area contributed by atoms with Crippen molar-refractivity contribution in [1.29, 1.82) is 0 Å². The van der Waals surface area contributed by atoms with Gasteiger partial charge in [0.05, 0.1) is 0 Å². The van der Waals surface area contributed by atoms with E-state index in [0.29, 0.717) is 21.2 Å². The Morgan fingerprint density at radius 1 is 1.82 bits per heavy atom. The van der Waals surface area contributed by atoms with Gasteiger partial charge in [0.2, 0.25) is 0 Å². The molecule has 0 spiro atoms. The molecular formula is C7H7ClI2N-. The third kappa shape index (κ3) is 1.80. The summed E-state index contributed by atoms with van der Waals surface area (Å²) in [4.78, 5) is 4.07. The van der Waals surface area contributed by atoms with Crippen molar-refractivity contribution in [2.45, 2.75) is 3.92 Å². The van der Waals surface area contributed by atoms with Crippen LogP contribution in [0.4, 0.5) is 0 Å². The molecule has 0 aliphatic carbocycles. The molecule has 2 heterocycles. The van der Waals surface area contributed by atoms with Gasteiger partial charge in [-0.1, -0.05) is 0 Å². The molecule has 0 aromatic heterocycles. The van der Waals surface area contributed by atoms with Gasteiger partial charge in [-0.05, 0) is 0 Å². The molecule has 2 aliphatic heterocycles. The number of hydrogen-bond acceptors (Lipinski definition) is 1. The number of rotatable bonds is 1. The average Bonchev–Trinajstić information content (AvgIpc) is 2.77. The van der Waals surface area contributed by atoms with Crippen molar-refractivity contribution in [1.82, 2.24) is 0 Å². The molecule has 4 heteroatoms. The van der Waals surface area contributed by atoms with Crippen molar-refractivity contribution < 1.29 is 21.2 Å². The van der Waals surface area contributed by atoms with Crippen LogP contribution in [-0.2, 0) is 0 Å². The van der Waals surface area contributed by atoms with Crippen LogP contribution < -0.4 is 21.2 Å². The van der Waals surface area contributed by atoms with Gasteiger partial charge in [0.15, 0.2) is 0 Å². The fraction of sp³-hybridized carbons (Fsp3) is 0.286. The molecule has 2 rings (SSSR count). The predicted octanol–water partition coefficient (Wildman–Crippen LogP) is -1.31. The summed E-state index contributed by atoms with van der Waals surface area (Å²) in [5.74, 6) is 0. The van der Waals surface area contributed by atoms with E-state index in [0.717, 1.165) is 7.10 Å². The fourth-order valence-electron chi connectivity index (χ4n) is 0.829. The van der Waals surface area contributed by atoms with E-state index in [-0.39, 0.29) is 0 Å². The first-order valence-electron chi connectivity index (χ1n) is 3.12. The van der Waals surface area contributed by atoms with Crippen molar-refractivity contribution in [3.63, 3.8) is 0 Å². The molecule has 2 aliphatic rings. The van der Waals surface area contributed by atoms with Gasteiger partial charge in [-0.25, -0.2) is 0 Å². The second-order valence-electron chi connectivity index (χ2n) is 2.21. The normalized spacial score (nSPS) is 31.2. The van der Waals surface area contributed by atoms with Crippen LogP contribution in [0.3, 0.4) is 0 Å². The standard InChI is InChI=1S/C7H7ClI2N/c1-10-6(5-4-9-5)2-3-11-7(10)8/h2-3,5H,1,4H2/q-1. The second kappa shape index (κ2) is 3.33. The summed E-state index contributed by atoms with van der Waals surface area (Å²) in [6, 6.07) is 0. The Balaban J connectivity index is 2.44. The first kappa shape index (κ1) is 8.50. The van der Waals surface area contributed by atoms with E-state index >= 15 is 0 Å². The Bertz CT molecular complexity index is 319. The van der Waals surface area contributed by atoms with E-state index in [2.05, 4.69) is 15.6 Å².